The first-order valence-electron chi connectivity index (χ1n) is 4.22. The molecule has 0 bridgehead atoms. The smallest absolute Gasteiger partial charge is 0.423 e. The van der Waals surface area contributed by atoms with Crippen LogP contribution in [-0.4, -0.2) is 17.7 Å². The van der Waals surface area contributed by atoms with E-state index in [9.17, 15) is 5.02 Å². The Morgan fingerprint density at radius 3 is 2.25 bits per heavy atom. The third kappa shape index (κ3) is 1.34. The number of allylic oxidation sites excluding steroid dienone is 2. The second kappa shape index (κ2) is 3.07. The predicted octanol–water partition coefficient (Wildman–Crippen LogP) is 1.71. The molecule has 0 saturated carbocycles. The van der Waals surface area contributed by atoms with Gasteiger partial charge in [-0.15, -0.1) is 0 Å². The first-order valence-corrected chi connectivity index (χ1v) is 4.22. The number of hydrogen-bond acceptors (Lipinski definition) is 2. The number of hydrogen-bond donors (Lipinski definition) is 1. The molecule has 66 valence electrons. The molecule has 0 spiro atoms. The Hall–Kier alpha value is -0.535. The van der Waals surface area contributed by atoms with E-state index in [2.05, 4.69) is 0 Å². The molecule has 1 rings (SSSR count). The van der Waals surface area contributed by atoms with Crippen molar-refractivity contribution in [2.75, 3.05) is 0 Å². The van der Waals surface area contributed by atoms with Crippen molar-refractivity contribution in [3.8, 4) is 0 Å². The van der Waals surface area contributed by atoms with Crippen molar-refractivity contribution in [1.82, 2.24) is 0 Å². The molecule has 0 aromatic carbocycles. The molecule has 0 aliphatic carbocycles. The lowest BCUT2D eigenvalue weighted by Crippen LogP contribution is -2.23. The van der Waals surface area contributed by atoms with Crippen molar-refractivity contribution in [2.24, 2.45) is 0 Å². The minimum Gasteiger partial charge on any atom is -0.423 e. The summed E-state index contributed by atoms with van der Waals surface area (Å²) in [5, 5.41) is 9.49. The molecular formula is C9H15BO2. The quantitative estimate of drug-likeness (QED) is 0.555. The highest BCUT2D eigenvalue weighted by Gasteiger charge is 2.42. The molecule has 1 aliphatic heterocycles. The highest BCUT2D eigenvalue weighted by molar-refractivity contribution is 6.55. The van der Waals surface area contributed by atoms with Gasteiger partial charge in [0.15, 0.2) is 0 Å². The van der Waals surface area contributed by atoms with Gasteiger partial charge in [-0.25, -0.2) is 0 Å². The second-order valence-corrected chi connectivity index (χ2v) is 3.43. The van der Waals surface area contributed by atoms with Crippen molar-refractivity contribution >= 4 is 7.12 Å². The highest BCUT2D eigenvalue weighted by Crippen LogP contribution is 2.36. The third-order valence-corrected chi connectivity index (χ3v) is 2.23. The fourth-order valence-corrected chi connectivity index (χ4v) is 1.70. The normalized spacial score (nSPS) is 28.9. The fraction of sp³-hybridized carbons (Fsp3) is 0.556. The van der Waals surface area contributed by atoms with E-state index in [1.165, 1.54) is 0 Å². The van der Waals surface area contributed by atoms with Crippen LogP contribution in [0.25, 0.3) is 0 Å². The van der Waals surface area contributed by atoms with E-state index in [4.69, 9.17) is 4.65 Å². The van der Waals surface area contributed by atoms with E-state index in [1.807, 2.05) is 39.8 Å². The van der Waals surface area contributed by atoms with Crippen LogP contribution < -0.4 is 0 Å². The van der Waals surface area contributed by atoms with Crippen LogP contribution in [0, 0.1) is 0 Å². The second-order valence-electron chi connectivity index (χ2n) is 3.43. The molecule has 1 fully saturated rings. The lowest BCUT2D eigenvalue weighted by molar-refractivity contribution is 0.145. The van der Waals surface area contributed by atoms with Crippen LogP contribution in [0.4, 0.5) is 0 Å². The van der Waals surface area contributed by atoms with E-state index in [-0.39, 0.29) is 5.60 Å². The lowest BCUT2D eigenvalue weighted by atomic mass is 9.75. The molecule has 0 unspecified atom stereocenters. The molecule has 1 N–H and O–H groups in total. The summed E-state index contributed by atoms with van der Waals surface area (Å²) >= 11 is 0. The van der Waals surface area contributed by atoms with Crippen LogP contribution in [0.15, 0.2) is 23.2 Å². The Morgan fingerprint density at radius 2 is 1.92 bits per heavy atom. The average molecular weight is 166 g/mol. The maximum atomic E-state index is 9.49. The van der Waals surface area contributed by atoms with E-state index >= 15 is 0 Å². The molecule has 0 atom stereocenters. The summed E-state index contributed by atoms with van der Waals surface area (Å²) in [5.74, 6) is 0. The van der Waals surface area contributed by atoms with Gasteiger partial charge in [0.2, 0.25) is 0 Å². The Bertz CT molecular complexity index is 241. The summed E-state index contributed by atoms with van der Waals surface area (Å²) in [6.07, 6.45) is 3.89. The number of rotatable bonds is 0. The standard InChI is InChI=1S/C9H15BO2/c1-5-7-8(6-2)10(11)12-9(7,3)4/h5-6,11H,1-4H3. The van der Waals surface area contributed by atoms with Gasteiger partial charge in [-0.3, -0.25) is 0 Å². The van der Waals surface area contributed by atoms with Crippen molar-refractivity contribution < 1.29 is 9.68 Å². The summed E-state index contributed by atoms with van der Waals surface area (Å²) in [6.45, 7) is 7.79. The molecule has 1 saturated heterocycles. The third-order valence-electron chi connectivity index (χ3n) is 2.23. The molecule has 0 aromatic heterocycles. The average Bonchev–Trinajstić information content (AvgIpc) is 2.18. The Labute approximate surface area is 74.1 Å². The molecule has 3 heteroatoms. The van der Waals surface area contributed by atoms with Crippen LogP contribution in [0.1, 0.15) is 27.7 Å². The molecule has 0 radical (unpaired) electrons. The van der Waals surface area contributed by atoms with Gasteiger partial charge in [0, 0.05) is 0 Å². The summed E-state index contributed by atoms with van der Waals surface area (Å²) in [7, 11) is -0.754. The molecule has 0 aromatic rings. The molecule has 0 amide bonds. The monoisotopic (exact) mass is 166 g/mol. The summed E-state index contributed by atoms with van der Waals surface area (Å²) in [4.78, 5) is 0. The van der Waals surface area contributed by atoms with E-state index in [0.29, 0.717) is 0 Å². The van der Waals surface area contributed by atoms with Gasteiger partial charge in [-0.2, -0.15) is 0 Å². The van der Waals surface area contributed by atoms with Crippen molar-refractivity contribution in [2.45, 2.75) is 33.3 Å². The highest BCUT2D eigenvalue weighted by atomic mass is 16.5. The van der Waals surface area contributed by atoms with Crippen LogP contribution in [-0.2, 0) is 4.65 Å². The maximum absolute atomic E-state index is 9.49. The molecular weight excluding hydrogens is 151 g/mol. The van der Waals surface area contributed by atoms with Gasteiger partial charge in [0.1, 0.15) is 0 Å². The van der Waals surface area contributed by atoms with Crippen molar-refractivity contribution in [1.29, 1.82) is 0 Å². The van der Waals surface area contributed by atoms with E-state index < -0.39 is 7.12 Å². The van der Waals surface area contributed by atoms with Gasteiger partial charge in [-0.05, 0) is 38.7 Å². The molecule has 1 heterocycles. The lowest BCUT2D eigenvalue weighted by Gasteiger charge is -2.19. The predicted molar refractivity (Wildman–Crippen MR) is 50.7 cm³/mol. The summed E-state index contributed by atoms with van der Waals surface area (Å²) < 4.78 is 5.37. The minimum absolute atomic E-state index is 0.351. The minimum atomic E-state index is -0.754. The first kappa shape index (κ1) is 9.55. The van der Waals surface area contributed by atoms with Crippen LogP contribution in [0.5, 0.6) is 0 Å². The van der Waals surface area contributed by atoms with Crippen molar-refractivity contribution in [3.63, 3.8) is 0 Å². The zero-order valence-corrected chi connectivity index (χ0v) is 8.09. The Balaban J connectivity index is 3.09. The molecule has 1 aliphatic rings. The van der Waals surface area contributed by atoms with E-state index in [1.54, 1.807) is 0 Å². The van der Waals surface area contributed by atoms with Gasteiger partial charge in [0.05, 0.1) is 5.60 Å². The van der Waals surface area contributed by atoms with Crippen LogP contribution in [0.2, 0.25) is 0 Å². The maximum Gasteiger partial charge on any atom is 0.491 e. The van der Waals surface area contributed by atoms with Gasteiger partial charge < -0.3 is 9.68 Å². The van der Waals surface area contributed by atoms with Crippen LogP contribution in [0.3, 0.4) is 0 Å². The van der Waals surface area contributed by atoms with Gasteiger partial charge in [-0.1, -0.05) is 12.2 Å². The largest absolute Gasteiger partial charge is 0.491 e. The zero-order valence-electron chi connectivity index (χ0n) is 8.09. The Kier molecular flexibility index (Phi) is 2.45. The molecule has 2 nitrogen and oxygen atoms in total. The van der Waals surface area contributed by atoms with Crippen LogP contribution >= 0.6 is 0 Å². The van der Waals surface area contributed by atoms with Gasteiger partial charge >= 0.3 is 7.12 Å². The molecule has 12 heavy (non-hydrogen) atoms. The Morgan fingerprint density at radius 1 is 1.33 bits per heavy atom. The summed E-state index contributed by atoms with van der Waals surface area (Å²) in [5.41, 5.74) is 1.62. The van der Waals surface area contributed by atoms with Crippen molar-refractivity contribution in [3.05, 3.63) is 23.2 Å². The summed E-state index contributed by atoms with van der Waals surface area (Å²) in [6, 6.07) is 0. The topological polar surface area (TPSA) is 29.5 Å². The van der Waals surface area contributed by atoms with E-state index in [0.717, 1.165) is 11.0 Å². The SMILES string of the molecule is CC=C1B(O)OC(C)(C)C1=CC. The van der Waals surface area contributed by atoms with Gasteiger partial charge in [0.25, 0.3) is 0 Å². The fourth-order valence-electron chi connectivity index (χ4n) is 1.70. The zero-order chi connectivity index (χ0) is 9.35. The first-order chi connectivity index (χ1) is 5.53.